The normalized spacial score (nSPS) is 11.2. The van der Waals surface area contributed by atoms with Gasteiger partial charge in [0.25, 0.3) is 9.05 Å². The number of benzene rings is 1. The topological polar surface area (TPSA) is 43.4 Å². The monoisotopic (exact) mass is 296 g/mol. The Morgan fingerprint density at radius 3 is 2.50 bits per heavy atom. The molecule has 0 aliphatic carbocycles. The molecule has 3 nitrogen and oxygen atoms in total. The molecule has 0 unspecified atom stereocenters. The van der Waals surface area contributed by atoms with E-state index in [1.54, 1.807) is 19.9 Å². The summed E-state index contributed by atoms with van der Waals surface area (Å²) in [5, 5.41) is 0. The van der Waals surface area contributed by atoms with E-state index >= 15 is 0 Å². The van der Waals surface area contributed by atoms with E-state index < -0.39 is 31.3 Å². The summed E-state index contributed by atoms with van der Waals surface area (Å²) in [6.07, 6.45) is 1.62. The van der Waals surface area contributed by atoms with Crippen molar-refractivity contribution in [2.75, 3.05) is 6.61 Å². The van der Waals surface area contributed by atoms with Crippen LogP contribution in [0.2, 0.25) is 0 Å². The minimum Gasteiger partial charge on any atom is -0.485 e. The van der Waals surface area contributed by atoms with Crippen molar-refractivity contribution in [2.45, 2.75) is 18.7 Å². The number of halogens is 3. The summed E-state index contributed by atoms with van der Waals surface area (Å²) in [6, 6.07) is 1.15. The van der Waals surface area contributed by atoms with Crippen LogP contribution in [-0.4, -0.2) is 15.0 Å². The maximum absolute atomic E-state index is 13.5. The van der Waals surface area contributed by atoms with Crippen LogP contribution < -0.4 is 4.74 Å². The van der Waals surface area contributed by atoms with E-state index in [9.17, 15) is 17.2 Å². The first kappa shape index (κ1) is 14.9. The van der Waals surface area contributed by atoms with Crippen LogP contribution in [0.1, 0.15) is 13.8 Å². The van der Waals surface area contributed by atoms with Crippen molar-refractivity contribution in [3.05, 3.63) is 35.4 Å². The van der Waals surface area contributed by atoms with Gasteiger partial charge in [-0.2, -0.15) is 0 Å². The Bertz CT molecular complexity index is 578. The highest BCUT2D eigenvalue weighted by Crippen LogP contribution is 2.30. The van der Waals surface area contributed by atoms with Crippen molar-refractivity contribution >= 4 is 19.7 Å². The maximum atomic E-state index is 13.5. The third-order valence-corrected chi connectivity index (χ3v) is 3.28. The molecule has 7 heteroatoms. The van der Waals surface area contributed by atoms with Crippen LogP contribution in [0.15, 0.2) is 28.7 Å². The van der Waals surface area contributed by atoms with E-state index in [-0.39, 0.29) is 6.61 Å². The van der Waals surface area contributed by atoms with Gasteiger partial charge in [-0.15, -0.1) is 0 Å². The molecule has 0 radical (unpaired) electrons. The maximum Gasteiger partial charge on any atom is 0.265 e. The first-order valence-electron chi connectivity index (χ1n) is 4.91. The van der Waals surface area contributed by atoms with Crippen molar-refractivity contribution in [3.63, 3.8) is 0 Å². The highest BCUT2D eigenvalue weighted by molar-refractivity contribution is 8.13. The van der Waals surface area contributed by atoms with Crippen LogP contribution in [0.5, 0.6) is 5.75 Å². The lowest BCUT2D eigenvalue weighted by Gasteiger charge is -2.09. The molecule has 0 bridgehead atoms. The zero-order chi connectivity index (χ0) is 13.9. The summed E-state index contributed by atoms with van der Waals surface area (Å²) in [7, 11) is 0.810. The predicted molar refractivity (Wildman–Crippen MR) is 64.3 cm³/mol. The second-order valence-corrected chi connectivity index (χ2v) is 6.28. The summed E-state index contributed by atoms with van der Waals surface area (Å²) < 4.78 is 53.8. The molecule has 0 aliphatic rings. The molecule has 0 amide bonds. The zero-order valence-electron chi connectivity index (χ0n) is 9.71. The minimum atomic E-state index is -4.28. The van der Waals surface area contributed by atoms with E-state index in [0.717, 1.165) is 5.57 Å². The largest absolute Gasteiger partial charge is 0.485 e. The fraction of sp³-hybridized carbons (Fsp3) is 0.273. The van der Waals surface area contributed by atoms with Crippen molar-refractivity contribution in [2.24, 2.45) is 0 Å². The molecule has 0 fully saturated rings. The Morgan fingerprint density at radius 1 is 1.39 bits per heavy atom. The summed E-state index contributed by atoms with van der Waals surface area (Å²) in [4.78, 5) is -0.719. The van der Waals surface area contributed by atoms with Gasteiger partial charge >= 0.3 is 0 Å². The Kier molecular flexibility index (Phi) is 4.70. The molecule has 0 N–H and O–H groups in total. The third kappa shape index (κ3) is 3.96. The minimum absolute atomic E-state index is 0.0374. The smallest absolute Gasteiger partial charge is 0.265 e. The first-order valence-corrected chi connectivity index (χ1v) is 7.22. The summed E-state index contributed by atoms with van der Waals surface area (Å²) in [5.74, 6) is -2.73. The Morgan fingerprint density at radius 2 is 2.00 bits per heavy atom. The second-order valence-electron chi connectivity index (χ2n) is 3.75. The third-order valence-electron chi connectivity index (χ3n) is 1.96. The molecule has 100 valence electrons. The molecule has 0 heterocycles. The van der Waals surface area contributed by atoms with Crippen molar-refractivity contribution in [3.8, 4) is 5.75 Å². The summed E-state index contributed by atoms with van der Waals surface area (Å²) in [5.41, 5.74) is 0.910. The summed E-state index contributed by atoms with van der Waals surface area (Å²) >= 11 is 0. The molecule has 0 atom stereocenters. The molecule has 1 aromatic rings. The van der Waals surface area contributed by atoms with Gasteiger partial charge in [0.15, 0.2) is 11.6 Å². The Labute approximate surface area is 108 Å². The lowest BCUT2D eigenvalue weighted by atomic mass is 10.3. The molecule has 18 heavy (non-hydrogen) atoms. The highest BCUT2D eigenvalue weighted by atomic mass is 35.7. The molecule has 0 saturated heterocycles. The molecule has 1 rings (SSSR count). The molecule has 0 aromatic heterocycles. The summed E-state index contributed by atoms with van der Waals surface area (Å²) in [6.45, 7) is 3.55. The van der Waals surface area contributed by atoms with Gasteiger partial charge in [-0.3, -0.25) is 0 Å². The van der Waals surface area contributed by atoms with Gasteiger partial charge in [-0.05, 0) is 26.0 Å². The number of allylic oxidation sites excluding steroid dienone is 1. The van der Waals surface area contributed by atoms with E-state index in [1.807, 2.05) is 0 Å². The Hall–Kier alpha value is -1.14. The standard InChI is InChI=1S/C11H11ClF2O3S/c1-7(2)3-4-17-11-9(14)5-8(13)6-10(11)18(12,15)16/h3,5-6H,4H2,1-2H3. The van der Waals surface area contributed by atoms with E-state index in [1.165, 1.54) is 0 Å². The lowest BCUT2D eigenvalue weighted by molar-refractivity contribution is 0.329. The molecule has 0 saturated carbocycles. The van der Waals surface area contributed by atoms with Crippen molar-refractivity contribution in [1.29, 1.82) is 0 Å². The van der Waals surface area contributed by atoms with Crippen LogP contribution in [0.3, 0.4) is 0 Å². The number of ether oxygens (including phenoxy) is 1. The molecule has 0 aliphatic heterocycles. The average molecular weight is 297 g/mol. The quantitative estimate of drug-likeness (QED) is 0.633. The van der Waals surface area contributed by atoms with E-state index in [2.05, 4.69) is 0 Å². The van der Waals surface area contributed by atoms with Crippen LogP contribution >= 0.6 is 10.7 Å². The Balaban J connectivity index is 3.21. The van der Waals surface area contributed by atoms with Gasteiger partial charge in [0.05, 0.1) is 0 Å². The van der Waals surface area contributed by atoms with Crippen LogP contribution in [0.25, 0.3) is 0 Å². The van der Waals surface area contributed by atoms with Crippen molar-refractivity contribution < 1.29 is 21.9 Å². The van der Waals surface area contributed by atoms with Crippen LogP contribution in [0.4, 0.5) is 8.78 Å². The number of rotatable bonds is 4. The van der Waals surface area contributed by atoms with Gasteiger partial charge in [0.1, 0.15) is 17.3 Å². The first-order chi connectivity index (χ1) is 8.21. The number of hydrogen-bond donors (Lipinski definition) is 0. The second kappa shape index (κ2) is 5.67. The van der Waals surface area contributed by atoms with Crippen LogP contribution in [0, 0.1) is 11.6 Å². The van der Waals surface area contributed by atoms with Gasteiger partial charge in [0.2, 0.25) is 0 Å². The highest BCUT2D eigenvalue weighted by Gasteiger charge is 2.22. The fourth-order valence-corrected chi connectivity index (χ4v) is 2.12. The molecule has 1 aromatic carbocycles. The molecular weight excluding hydrogens is 286 g/mol. The number of hydrogen-bond acceptors (Lipinski definition) is 3. The van der Waals surface area contributed by atoms with Gasteiger partial charge in [-0.25, -0.2) is 17.2 Å². The van der Waals surface area contributed by atoms with Gasteiger partial charge < -0.3 is 4.74 Å². The lowest BCUT2D eigenvalue weighted by Crippen LogP contribution is -2.04. The van der Waals surface area contributed by atoms with Gasteiger partial charge in [0, 0.05) is 16.7 Å². The van der Waals surface area contributed by atoms with Crippen LogP contribution in [-0.2, 0) is 9.05 Å². The van der Waals surface area contributed by atoms with Gasteiger partial charge in [-0.1, -0.05) is 5.57 Å². The zero-order valence-corrected chi connectivity index (χ0v) is 11.3. The van der Waals surface area contributed by atoms with Crippen molar-refractivity contribution in [1.82, 2.24) is 0 Å². The molecule has 0 spiro atoms. The van der Waals surface area contributed by atoms with E-state index in [4.69, 9.17) is 15.4 Å². The van der Waals surface area contributed by atoms with E-state index in [0.29, 0.717) is 12.1 Å². The molecular formula is C11H11ClF2O3S. The predicted octanol–water partition coefficient (Wildman–Crippen LogP) is 3.24. The SMILES string of the molecule is CC(C)=CCOc1c(F)cc(F)cc1S(=O)(=O)Cl. The average Bonchev–Trinajstić information content (AvgIpc) is 2.18. The fourth-order valence-electron chi connectivity index (χ4n) is 1.15.